The van der Waals surface area contributed by atoms with E-state index in [9.17, 15) is 4.79 Å². The van der Waals surface area contributed by atoms with Gasteiger partial charge in [0.2, 0.25) is 5.91 Å². The lowest BCUT2D eigenvalue weighted by Crippen LogP contribution is -2.49. The molecule has 4 aromatic rings. The molecule has 0 N–H and O–H groups in total. The van der Waals surface area contributed by atoms with Gasteiger partial charge in [-0.3, -0.25) is 9.78 Å². The summed E-state index contributed by atoms with van der Waals surface area (Å²) in [7, 11) is 0. The summed E-state index contributed by atoms with van der Waals surface area (Å²) in [6, 6.07) is 15.4. The average molecular weight is 433 g/mol. The largest absolute Gasteiger partial charge is 0.431 e. The van der Waals surface area contributed by atoms with Crippen molar-refractivity contribution in [3.05, 3.63) is 60.9 Å². The summed E-state index contributed by atoms with van der Waals surface area (Å²) >= 11 is 1.33. The quantitative estimate of drug-likeness (QED) is 0.445. The number of para-hydroxylation sites is 2. The van der Waals surface area contributed by atoms with E-state index in [2.05, 4.69) is 25.1 Å². The Morgan fingerprint density at radius 3 is 2.61 bits per heavy atom. The molecule has 0 unspecified atom stereocenters. The van der Waals surface area contributed by atoms with E-state index in [0.29, 0.717) is 24.1 Å². The fraction of sp³-hybridized carbons (Fsp3) is 0.227. The van der Waals surface area contributed by atoms with Crippen molar-refractivity contribution in [1.82, 2.24) is 25.1 Å². The fourth-order valence-electron chi connectivity index (χ4n) is 3.47. The van der Waals surface area contributed by atoms with Crippen molar-refractivity contribution in [3.8, 4) is 11.3 Å². The van der Waals surface area contributed by atoms with Crippen LogP contribution in [0.15, 0.2) is 70.6 Å². The number of fused-ring (bicyclic) bond motifs is 1. The third-order valence-electron chi connectivity index (χ3n) is 5.16. The van der Waals surface area contributed by atoms with Crippen LogP contribution < -0.4 is 4.90 Å². The summed E-state index contributed by atoms with van der Waals surface area (Å²) in [5.74, 6) is 1.22. The minimum atomic E-state index is 0.0879. The Kier molecular flexibility index (Phi) is 5.49. The van der Waals surface area contributed by atoms with Crippen LogP contribution in [0.2, 0.25) is 0 Å². The molecule has 0 atom stereocenters. The van der Waals surface area contributed by atoms with Gasteiger partial charge in [-0.15, -0.1) is 10.2 Å². The molecule has 0 bridgehead atoms. The van der Waals surface area contributed by atoms with Crippen LogP contribution in [0.25, 0.3) is 22.4 Å². The Morgan fingerprint density at radius 1 is 1.00 bits per heavy atom. The van der Waals surface area contributed by atoms with Crippen LogP contribution in [-0.4, -0.2) is 62.9 Å². The first-order valence-electron chi connectivity index (χ1n) is 10.0. The Bertz CT molecular complexity index is 1140. The van der Waals surface area contributed by atoms with Crippen molar-refractivity contribution >= 4 is 34.6 Å². The minimum Gasteiger partial charge on any atom is -0.431 e. The first-order valence-corrected chi connectivity index (χ1v) is 11.0. The second-order valence-electron chi connectivity index (χ2n) is 7.12. The van der Waals surface area contributed by atoms with E-state index < -0.39 is 0 Å². The van der Waals surface area contributed by atoms with Gasteiger partial charge in [-0.2, -0.15) is 0 Å². The number of thioether (sulfide) groups is 1. The van der Waals surface area contributed by atoms with E-state index in [1.165, 1.54) is 11.8 Å². The van der Waals surface area contributed by atoms with Gasteiger partial charge in [-0.05, 0) is 36.4 Å². The topological polar surface area (TPSA) is 88.3 Å². The minimum absolute atomic E-state index is 0.0879. The zero-order valence-electron chi connectivity index (χ0n) is 16.7. The van der Waals surface area contributed by atoms with Gasteiger partial charge in [0.25, 0.3) is 5.22 Å². The molecule has 4 heterocycles. The van der Waals surface area contributed by atoms with Gasteiger partial charge in [0.15, 0.2) is 11.4 Å². The highest BCUT2D eigenvalue weighted by molar-refractivity contribution is 7.99. The highest BCUT2D eigenvalue weighted by atomic mass is 32.2. The van der Waals surface area contributed by atoms with Crippen LogP contribution >= 0.6 is 11.8 Å². The molecule has 3 aromatic heterocycles. The summed E-state index contributed by atoms with van der Waals surface area (Å²) in [6.45, 7) is 2.75. The number of oxazole rings is 1. The summed E-state index contributed by atoms with van der Waals surface area (Å²) < 4.78 is 5.68. The molecule has 8 nitrogen and oxygen atoms in total. The molecule has 5 rings (SSSR count). The fourth-order valence-corrected chi connectivity index (χ4v) is 4.22. The Hall–Kier alpha value is -3.46. The number of piperazine rings is 1. The summed E-state index contributed by atoms with van der Waals surface area (Å²) in [5, 5.41) is 9.22. The smallest absolute Gasteiger partial charge is 0.257 e. The molecule has 1 aliphatic rings. The lowest BCUT2D eigenvalue weighted by atomic mass is 10.2. The molecule has 31 heavy (non-hydrogen) atoms. The standard InChI is InChI=1S/C22H20N6O2S/c29-21(15-31-22-24-18-5-1-2-6-19(18)30-22)28-12-10-27(11-13-28)20-8-7-17(25-26-20)16-4-3-9-23-14-16/h1-9,14H,10-13,15H2. The summed E-state index contributed by atoms with van der Waals surface area (Å²) in [6.07, 6.45) is 3.50. The van der Waals surface area contributed by atoms with Crippen molar-refractivity contribution < 1.29 is 9.21 Å². The number of pyridine rings is 1. The third kappa shape index (κ3) is 4.36. The number of carbonyl (C=O) groups excluding carboxylic acids is 1. The lowest BCUT2D eigenvalue weighted by Gasteiger charge is -2.35. The van der Waals surface area contributed by atoms with Crippen molar-refractivity contribution in [2.24, 2.45) is 0 Å². The van der Waals surface area contributed by atoms with Crippen molar-refractivity contribution in [2.45, 2.75) is 5.22 Å². The number of anilines is 1. The van der Waals surface area contributed by atoms with Crippen LogP contribution in [0.4, 0.5) is 5.82 Å². The molecule has 1 fully saturated rings. The SMILES string of the molecule is O=C(CSc1nc2ccccc2o1)N1CCN(c2ccc(-c3cccnc3)nn2)CC1. The lowest BCUT2D eigenvalue weighted by molar-refractivity contribution is -0.128. The first kappa shape index (κ1) is 19.5. The zero-order valence-corrected chi connectivity index (χ0v) is 17.5. The molecule has 9 heteroatoms. The van der Waals surface area contributed by atoms with Crippen LogP contribution in [0.3, 0.4) is 0 Å². The monoisotopic (exact) mass is 432 g/mol. The van der Waals surface area contributed by atoms with Crippen LogP contribution in [0.1, 0.15) is 0 Å². The van der Waals surface area contributed by atoms with Gasteiger partial charge in [-0.25, -0.2) is 4.98 Å². The summed E-state index contributed by atoms with van der Waals surface area (Å²) in [4.78, 5) is 25.2. The molecule has 1 aromatic carbocycles. The predicted molar refractivity (Wildman–Crippen MR) is 119 cm³/mol. The average Bonchev–Trinajstić information content (AvgIpc) is 3.26. The van der Waals surface area contributed by atoms with E-state index >= 15 is 0 Å². The van der Waals surface area contributed by atoms with E-state index in [1.807, 2.05) is 53.4 Å². The van der Waals surface area contributed by atoms with Crippen molar-refractivity contribution in [2.75, 3.05) is 36.8 Å². The third-order valence-corrected chi connectivity index (χ3v) is 5.97. The van der Waals surface area contributed by atoms with E-state index in [1.54, 1.807) is 12.4 Å². The number of hydrogen-bond acceptors (Lipinski definition) is 8. The van der Waals surface area contributed by atoms with Crippen molar-refractivity contribution in [1.29, 1.82) is 0 Å². The second kappa shape index (κ2) is 8.73. The van der Waals surface area contributed by atoms with Gasteiger partial charge in [-0.1, -0.05) is 23.9 Å². The predicted octanol–water partition coefficient (Wildman–Crippen LogP) is 3.12. The molecule has 1 saturated heterocycles. The number of nitrogens with zero attached hydrogens (tertiary/aromatic N) is 6. The highest BCUT2D eigenvalue weighted by Crippen LogP contribution is 2.24. The normalized spacial score (nSPS) is 14.2. The van der Waals surface area contributed by atoms with Gasteiger partial charge < -0.3 is 14.2 Å². The van der Waals surface area contributed by atoms with E-state index in [0.717, 1.165) is 41.3 Å². The van der Waals surface area contributed by atoms with Crippen LogP contribution in [0, 0.1) is 0 Å². The summed E-state index contributed by atoms with van der Waals surface area (Å²) in [5.41, 5.74) is 3.28. The number of aromatic nitrogens is 4. The Morgan fingerprint density at radius 2 is 1.87 bits per heavy atom. The maximum Gasteiger partial charge on any atom is 0.257 e. The number of benzene rings is 1. The van der Waals surface area contributed by atoms with E-state index in [-0.39, 0.29) is 5.91 Å². The number of hydrogen-bond donors (Lipinski definition) is 0. The molecule has 1 amide bonds. The van der Waals surface area contributed by atoms with Gasteiger partial charge >= 0.3 is 0 Å². The molecular formula is C22H20N6O2S. The van der Waals surface area contributed by atoms with Crippen LogP contribution in [-0.2, 0) is 4.79 Å². The van der Waals surface area contributed by atoms with E-state index in [4.69, 9.17) is 4.42 Å². The highest BCUT2D eigenvalue weighted by Gasteiger charge is 2.23. The molecule has 0 spiro atoms. The number of carbonyl (C=O) groups is 1. The maximum atomic E-state index is 12.6. The number of amides is 1. The molecule has 0 aliphatic carbocycles. The first-order chi connectivity index (χ1) is 15.3. The van der Waals surface area contributed by atoms with Gasteiger partial charge in [0.1, 0.15) is 5.52 Å². The van der Waals surface area contributed by atoms with Crippen LogP contribution in [0.5, 0.6) is 0 Å². The zero-order chi connectivity index (χ0) is 21.0. The van der Waals surface area contributed by atoms with Gasteiger partial charge in [0, 0.05) is 44.1 Å². The molecule has 156 valence electrons. The maximum absolute atomic E-state index is 12.6. The Labute approximate surface area is 183 Å². The second-order valence-corrected chi connectivity index (χ2v) is 8.05. The molecule has 1 aliphatic heterocycles. The Balaban J connectivity index is 1.14. The number of rotatable bonds is 5. The molecule has 0 radical (unpaired) electrons. The van der Waals surface area contributed by atoms with Gasteiger partial charge in [0.05, 0.1) is 11.4 Å². The van der Waals surface area contributed by atoms with Crippen molar-refractivity contribution in [3.63, 3.8) is 0 Å². The molecular weight excluding hydrogens is 412 g/mol. The molecule has 0 saturated carbocycles.